The lowest BCUT2D eigenvalue weighted by Gasteiger charge is -1.92. The van der Waals surface area contributed by atoms with E-state index in [4.69, 9.17) is 0 Å². The van der Waals surface area contributed by atoms with Crippen molar-refractivity contribution in [1.82, 2.24) is 0 Å². The molecule has 0 saturated heterocycles. The fourth-order valence-corrected chi connectivity index (χ4v) is 0.411. The number of allylic oxidation sites excluding steroid dienone is 3. The van der Waals surface area contributed by atoms with E-state index >= 15 is 0 Å². The van der Waals surface area contributed by atoms with Gasteiger partial charge in [-0.15, -0.1) is 0 Å². The van der Waals surface area contributed by atoms with Crippen LogP contribution in [0, 0.1) is 0 Å². The molecule has 0 spiro atoms. The Morgan fingerprint density at radius 2 is 2.20 bits per heavy atom. The number of esters is 1. The third-order valence-corrected chi connectivity index (χ3v) is 0.822. The second-order valence-corrected chi connectivity index (χ2v) is 1.76. The van der Waals surface area contributed by atoms with Crippen LogP contribution in [0.2, 0.25) is 0 Å². The standard InChI is InChI=1S/C8H12O2/c1-3-4-5-6-7-10-8(2)9/h3-6H,7H2,1-2H3/b4-3+,6-5-. The van der Waals surface area contributed by atoms with E-state index in [0.29, 0.717) is 6.61 Å². The van der Waals surface area contributed by atoms with Crippen molar-refractivity contribution in [3.63, 3.8) is 0 Å². The minimum absolute atomic E-state index is 0.245. The van der Waals surface area contributed by atoms with Crippen LogP contribution in [-0.2, 0) is 9.53 Å². The summed E-state index contributed by atoms with van der Waals surface area (Å²) in [5.74, 6) is -0.245. The molecule has 0 aliphatic carbocycles. The van der Waals surface area contributed by atoms with Crippen LogP contribution in [0.3, 0.4) is 0 Å². The highest BCUT2D eigenvalue weighted by Gasteiger charge is 1.84. The number of ether oxygens (including phenoxy) is 1. The third kappa shape index (κ3) is 6.95. The van der Waals surface area contributed by atoms with Crippen LogP contribution in [-0.4, -0.2) is 12.6 Å². The van der Waals surface area contributed by atoms with Crippen LogP contribution in [0.5, 0.6) is 0 Å². The van der Waals surface area contributed by atoms with Gasteiger partial charge in [-0.3, -0.25) is 4.79 Å². The van der Waals surface area contributed by atoms with Crippen molar-refractivity contribution in [1.29, 1.82) is 0 Å². The Hall–Kier alpha value is -1.05. The average Bonchev–Trinajstić information content (AvgIpc) is 1.87. The van der Waals surface area contributed by atoms with Crippen molar-refractivity contribution in [3.05, 3.63) is 24.3 Å². The molecular formula is C8H12O2. The number of hydrogen-bond donors (Lipinski definition) is 0. The molecule has 0 fully saturated rings. The molecule has 56 valence electrons. The van der Waals surface area contributed by atoms with Gasteiger partial charge in [0.05, 0.1) is 0 Å². The second kappa shape index (κ2) is 6.08. The van der Waals surface area contributed by atoms with E-state index in [2.05, 4.69) is 4.74 Å². The molecule has 0 heterocycles. The number of carbonyl (C=O) groups excluding carboxylic acids is 1. The molecular weight excluding hydrogens is 128 g/mol. The monoisotopic (exact) mass is 140 g/mol. The fraction of sp³-hybridized carbons (Fsp3) is 0.375. The van der Waals surface area contributed by atoms with E-state index in [1.165, 1.54) is 6.92 Å². The van der Waals surface area contributed by atoms with Crippen LogP contribution in [0.1, 0.15) is 13.8 Å². The SMILES string of the molecule is C/C=C/C=C\COC(C)=O. The first-order valence-electron chi connectivity index (χ1n) is 3.18. The Bertz CT molecular complexity index is 145. The second-order valence-electron chi connectivity index (χ2n) is 1.76. The molecule has 0 aliphatic heterocycles. The molecule has 0 amide bonds. The highest BCUT2D eigenvalue weighted by Crippen LogP contribution is 1.80. The van der Waals surface area contributed by atoms with Crippen LogP contribution in [0.15, 0.2) is 24.3 Å². The average molecular weight is 140 g/mol. The first-order chi connectivity index (χ1) is 4.77. The molecule has 0 aliphatic rings. The van der Waals surface area contributed by atoms with E-state index in [1.807, 2.05) is 25.2 Å². The van der Waals surface area contributed by atoms with Crippen LogP contribution in [0.25, 0.3) is 0 Å². The van der Waals surface area contributed by atoms with Gasteiger partial charge in [0.2, 0.25) is 0 Å². The smallest absolute Gasteiger partial charge is 0.302 e. The Labute approximate surface area is 61.2 Å². The van der Waals surface area contributed by atoms with Crippen molar-refractivity contribution in [2.45, 2.75) is 13.8 Å². The van der Waals surface area contributed by atoms with Crippen molar-refractivity contribution >= 4 is 5.97 Å². The van der Waals surface area contributed by atoms with E-state index in [1.54, 1.807) is 6.08 Å². The van der Waals surface area contributed by atoms with Gasteiger partial charge in [0.15, 0.2) is 0 Å². The van der Waals surface area contributed by atoms with Crippen molar-refractivity contribution in [3.8, 4) is 0 Å². The van der Waals surface area contributed by atoms with E-state index in [9.17, 15) is 4.79 Å². The Kier molecular flexibility index (Phi) is 5.44. The minimum atomic E-state index is -0.245. The molecule has 0 bridgehead atoms. The molecule has 0 rings (SSSR count). The lowest BCUT2D eigenvalue weighted by Crippen LogP contribution is -1.96. The van der Waals surface area contributed by atoms with Crippen molar-refractivity contribution in [2.24, 2.45) is 0 Å². The van der Waals surface area contributed by atoms with Crippen molar-refractivity contribution in [2.75, 3.05) is 6.61 Å². The summed E-state index contributed by atoms with van der Waals surface area (Å²) >= 11 is 0. The van der Waals surface area contributed by atoms with Crippen molar-refractivity contribution < 1.29 is 9.53 Å². The van der Waals surface area contributed by atoms with Crippen LogP contribution in [0.4, 0.5) is 0 Å². The fourth-order valence-electron chi connectivity index (χ4n) is 0.411. The van der Waals surface area contributed by atoms with E-state index in [0.717, 1.165) is 0 Å². The van der Waals surface area contributed by atoms with E-state index < -0.39 is 0 Å². The Balaban J connectivity index is 3.27. The quantitative estimate of drug-likeness (QED) is 0.440. The molecule has 2 nitrogen and oxygen atoms in total. The van der Waals surface area contributed by atoms with Gasteiger partial charge in [-0.05, 0) is 13.0 Å². The molecule has 0 aromatic rings. The van der Waals surface area contributed by atoms with Gasteiger partial charge >= 0.3 is 5.97 Å². The summed E-state index contributed by atoms with van der Waals surface area (Å²) in [5.41, 5.74) is 0. The van der Waals surface area contributed by atoms with Gasteiger partial charge in [-0.25, -0.2) is 0 Å². The summed E-state index contributed by atoms with van der Waals surface area (Å²) in [4.78, 5) is 10.2. The zero-order valence-electron chi connectivity index (χ0n) is 6.33. The van der Waals surface area contributed by atoms with Gasteiger partial charge in [0.25, 0.3) is 0 Å². The minimum Gasteiger partial charge on any atom is -0.462 e. The molecule has 0 aromatic heterocycles. The third-order valence-electron chi connectivity index (χ3n) is 0.822. The van der Waals surface area contributed by atoms with Gasteiger partial charge in [-0.1, -0.05) is 18.2 Å². The number of hydrogen-bond acceptors (Lipinski definition) is 2. The van der Waals surface area contributed by atoms with Gasteiger partial charge < -0.3 is 4.74 Å². The van der Waals surface area contributed by atoms with Crippen LogP contribution >= 0.6 is 0 Å². The van der Waals surface area contributed by atoms with Crippen LogP contribution < -0.4 is 0 Å². The lowest BCUT2D eigenvalue weighted by molar-refractivity contribution is -0.139. The van der Waals surface area contributed by atoms with Gasteiger partial charge in [0.1, 0.15) is 6.61 Å². The zero-order chi connectivity index (χ0) is 7.82. The van der Waals surface area contributed by atoms with E-state index in [-0.39, 0.29) is 5.97 Å². The maximum atomic E-state index is 10.2. The molecule has 10 heavy (non-hydrogen) atoms. The lowest BCUT2D eigenvalue weighted by atomic mass is 10.4. The zero-order valence-corrected chi connectivity index (χ0v) is 6.33. The first-order valence-corrected chi connectivity index (χ1v) is 3.18. The normalized spacial score (nSPS) is 11.0. The molecule has 0 unspecified atom stereocenters. The Morgan fingerprint density at radius 3 is 2.70 bits per heavy atom. The molecule has 2 heteroatoms. The van der Waals surface area contributed by atoms with Gasteiger partial charge in [0, 0.05) is 6.92 Å². The molecule has 0 atom stereocenters. The topological polar surface area (TPSA) is 26.3 Å². The maximum absolute atomic E-state index is 10.2. The summed E-state index contributed by atoms with van der Waals surface area (Å²) in [6.45, 7) is 3.68. The molecule has 0 aromatic carbocycles. The number of rotatable bonds is 3. The predicted molar refractivity (Wildman–Crippen MR) is 40.6 cm³/mol. The highest BCUT2D eigenvalue weighted by atomic mass is 16.5. The highest BCUT2D eigenvalue weighted by molar-refractivity contribution is 5.65. The largest absolute Gasteiger partial charge is 0.462 e. The first kappa shape index (κ1) is 8.95. The maximum Gasteiger partial charge on any atom is 0.302 e. The predicted octanol–water partition coefficient (Wildman–Crippen LogP) is 1.68. The molecule has 0 radical (unpaired) electrons. The Morgan fingerprint density at radius 1 is 1.50 bits per heavy atom. The summed E-state index contributed by atoms with van der Waals surface area (Å²) in [7, 11) is 0. The van der Waals surface area contributed by atoms with Gasteiger partial charge in [-0.2, -0.15) is 0 Å². The summed E-state index contributed by atoms with van der Waals surface area (Å²) in [5, 5.41) is 0. The summed E-state index contributed by atoms with van der Waals surface area (Å²) in [6.07, 6.45) is 7.40. The molecule has 0 N–H and O–H groups in total. The number of carbonyl (C=O) groups is 1. The summed E-state index contributed by atoms with van der Waals surface area (Å²) < 4.78 is 4.63. The summed E-state index contributed by atoms with van der Waals surface area (Å²) in [6, 6.07) is 0. The molecule has 0 saturated carbocycles.